The number of carbonyl (C=O) groups excluding carboxylic acids is 1. The highest BCUT2D eigenvalue weighted by molar-refractivity contribution is 5.78. The minimum Gasteiger partial charge on any atom is -0.493 e. The maximum absolute atomic E-state index is 12.4. The van der Waals surface area contributed by atoms with Gasteiger partial charge < -0.3 is 19.5 Å². The maximum atomic E-state index is 12.4. The van der Waals surface area contributed by atoms with Crippen molar-refractivity contribution >= 4 is 5.91 Å². The van der Waals surface area contributed by atoms with E-state index in [-0.39, 0.29) is 12.0 Å². The summed E-state index contributed by atoms with van der Waals surface area (Å²) in [7, 11) is 3.25. The first-order chi connectivity index (χ1) is 15.0. The monoisotopic (exact) mass is 426 g/mol. The van der Waals surface area contributed by atoms with E-state index in [1.807, 2.05) is 18.2 Å². The number of piperidine rings is 1. The molecule has 1 aliphatic heterocycles. The Morgan fingerprint density at radius 2 is 1.71 bits per heavy atom. The van der Waals surface area contributed by atoms with E-state index in [0.717, 1.165) is 43.7 Å². The quantitative estimate of drug-likeness (QED) is 0.665. The van der Waals surface area contributed by atoms with E-state index in [2.05, 4.69) is 42.3 Å². The van der Waals surface area contributed by atoms with Gasteiger partial charge in [-0.05, 0) is 61.9 Å². The Morgan fingerprint density at radius 3 is 2.35 bits per heavy atom. The minimum atomic E-state index is 0.0644. The predicted octanol–water partition coefficient (Wildman–Crippen LogP) is 3.52. The third-order valence-electron chi connectivity index (χ3n) is 5.78. The van der Waals surface area contributed by atoms with Gasteiger partial charge in [0.2, 0.25) is 5.91 Å². The van der Waals surface area contributed by atoms with E-state index in [0.29, 0.717) is 24.6 Å². The van der Waals surface area contributed by atoms with Crippen molar-refractivity contribution in [2.75, 3.05) is 40.4 Å². The lowest BCUT2D eigenvalue weighted by Gasteiger charge is -2.32. The Morgan fingerprint density at radius 1 is 1.03 bits per heavy atom. The summed E-state index contributed by atoms with van der Waals surface area (Å²) in [5, 5.41) is 3.03. The van der Waals surface area contributed by atoms with Gasteiger partial charge in [0.15, 0.2) is 11.5 Å². The Kier molecular flexibility index (Phi) is 8.18. The van der Waals surface area contributed by atoms with Crippen molar-refractivity contribution in [2.45, 2.75) is 39.2 Å². The molecule has 1 heterocycles. The fraction of sp³-hybridized carbons (Fsp3) is 0.480. The fourth-order valence-electron chi connectivity index (χ4n) is 3.98. The number of hydrogen-bond acceptors (Lipinski definition) is 5. The second kappa shape index (κ2) is 11.0. The molecule has 0 unspecified atom stereocenters. The van der Waals surface area contributed by atoms with E-state index in [1.54, 1.807) is 14.2 Å². The van der Waals surface area contributed by atoms with Crippen LogP contribution in [0.25, 0.3) is 0 Å². The zero-order chi connectivity index (χ0) is 22.2. The van der Waals surface area contributed by atoms with Crippen LogP contribution >= 0.6 is 0 Å². The third-order valence-corrected chi connectivity index (χ3v) is 5.78. The van der Waals surface area contributed by atoms with Gasteiger partial charge in [0, 0.05) is 19.6 Å². The highest BCUT2D eigenvalue weighted by Gasteiger charge is 2.23. The number of carbonyl (C=O) groups is 1. The van der Waals surface area contributed by atoms with Crippen LogP contribution in [0.4, 0.5) is 0 Å². The molecule has 1 aliphatic rings. The van der Waals surface area contributed by atoms with Gasteiger partial charge in [-0.25, -0.2) is 0 Å². The lowest BCUT2D eigenvalue weighted by molar-refractivity contribution is -0.122. The molecular formula is C25H34N2O4. The van der Waals surface area contributed by atoms with Gasteiger partial charge >= 0.3 is 0 Å². The van der Waals surface area contributed by atoms with Gasteiger partial charge in [-0.2, -0.15) is 0 Å². The summed E-state index contributed by atoms with van der Waals surface area (Å²) < 4.78 is 16.9. The van der Waals surface area contributed by atoms with Gasteiger partial charge in [0.05, 0.1) is 20.8 Å². The molecule has 3 rings (SSSR count). The van der Waals surface area contributed by atoms with Crippen molar-refractivity contribution in [3.63, 3.8) is 0 Å². The molecule has 1 fully saturated rings. The van der Waals surface area contributed by atoms with Gasteiger partial charge in [-0.1, -0.05) is 24.3 Å². The highest BCUT2D eigenvalue weighted by Crippen LogP contribution is 2.28. The first kappa shape index (κ1) is 22.9. The van der Waals surface area contributed by atoms with Gasteiger partial charge in [-0.15, -0.1) is 0 Å². The summed E-state index contributed by atoms with van der Waals surface area (Å²) in [5.74, 6) is 2.49. The number of ether oxygens (including phenoxy) is 3. The van der Waals surface area contributed by atoms with E-state index >= 15 is 0 Å². The standard InChI is InChI=1S/C25H34N2O4/c1-18-6-5-7-19(2)25(18)31-21-11-14-27(15-12-21)17-24(28)26-13-10-20-8-9-22(29-3)23(16-20)30-4/h5-9,16,21H,10-15,17H2,1-4H3,(H,26,28). The number of benzene rings is 2. The molecule has 2 aromatic rings. The minimum absolute atomic E-state index is 0.0644. The lowest BCUT2D eigenvalue weighted by Crippen LogP contribution is -2.44. The van der Waals surface area contributed by atoms with Crippen molar-refractivity contribution in [3.05, 3.63) is 53.1 Å². The van der Waals surface area contributed by atoms with Crippen molar-refractivity contribution in [2.24, 2.45) is 0 Å². The first-order valence-electron chi connectivity index (χ1n) is 10.9. The predicted molar refractivity (Wildman–Crippen MR) is 122 cm³/mol. The Bertz CT molecular complexity index is 856. The summed E-state index contributed by atoms with van der Waals surface area (Å²) in [5.41, 5.74) is 3.45. The van der Waals surface area contributed by atoms with Crippen LogP contribution in [0.3, 0.4) is 0 Å². The largest absolute Gasteiger partial charge is 0.493 e. The molecule has 168 valence electrons. The second-order valence-corrected chi connectivity index (χ2v) is 8.10. The number of hydrogen-bond donors (Lipinski definition) is 1. The van der Waals surface area contributed by atoms with Crippen LogP contribution in [-0.2, 0) is 11.2 Å². The molecule has 0 radical (unpaired) electrons. The SMILES string of the molecule is COc1ccc(CCNC(=O)CN2CCC(Oc3c(C)cccc3C)CC2)cc1OC. The van der Waals surface area contributed by atoms with Crippen LogP contribution in [0.2, 0.25) is 0 Å². The van der Waals surface area contributed by atoms with E-state index in [4.69, 9.17) is 14.2 Å². The van der Waals surface area contributed by atoms with E-state index in [9.17, 15) is 4.79 Å². The molecule has 0 atom stereocenters. The molecule has 1 amide bonds. The molecule has 0 spiro atoms. The van der Waals surface area contributed by atoms with Crippen LogP contribution in [0.5, 0.6) is 17.2 Å². The second-order valence-electron chi connectivity index (χ2n) is 8.10. The molecule has 6 nitrogen and oxygen atoms in total. The average molecular weight is 427 g/mol. The number of nitrogens with one attached hydrogen (secondary N) is 1. The summed E-state index contributed by atoms with van der Waals surface area (Å²) in [6.07, 6.45) is 2.83. The molecule has 31 heavy (non-hydrogen) atoms. The van der Waals surface area contributed by atoms with Gasteiger partial charge in [0.25, 0.3) is 0 Å². The average Bonchev–Trinajstić information content (AvgIpc) is 2.77. The molecule has 0 aliphatic carbocycles. The van der Waals surface area contributed by atoms with Gasteiger partial charge in [-0.3, -0.25) is 9.69 Å². The van der Waals surface area contributed by atoms with Crippen LogP contribution < -0.4 is 19.5 Å². The van der Waals surface area contributed by atoms with Gasteiger partial charge in [0.1, 0.15) is 11.9 Å². The maximum Gasteiger partial charge on any atom is 0.234 e. The van der Waals surface area contributed by atoms with E-state index < -0.39 is 0 Å². The number of amides is 1. The zero-order valence-electron chi connectivity index (χ0n) is 19.1. The fourth-order valence-corrected chi connectivity index (χ4v) is 3.98. The molecule has 6 heteroatoms. The number of methoxy groups -OCH3 is 2. The summed E-state index contributed by atoms with van der Waals surface area (Å²) in [4.78, 5) is 14.6. The van der Waals surface area contributed by atoms with E-state index in [1.165, 1.54) is 11.1 Å². The topological polar surface area (TPSA) is 60.0 Å². The van der Waals surface area contributed by atoms with Crippen LogP contribution in [0.15, 0.2) is 36.4 Å². The van der Waals surface area contributed by atoms with Crippen molar-refractivity contribution < 1.29 is 19.0 Å². The normalized spacial score (nSPS) is 14.8. The highest BCUT2D eigenvalue weighted by atomic mass is 16.5. The molecule has 0 bridgehead atoms. The number of aryl methyl sites for hydroxylation is 2. The Balaban J connectivity index is 1.38. The number of rotatable bonds is 9. The Labute approximate surface area is 185 Å². The zero-order valence-corrected chi connectivity index (χ0v) is 19.1. The molecule has 1 N–H and O–H groups in total. The van der Waals surface area contributed by atoms with Crippen LogP contribution in [0.1, 0.15) is 29.5 Å². The molecule has 2 aromatic carbocycles. The Hall–Kier alpha value is -2.73. The third kappa shape index (κ3) is 6.37. The molecule has 0 aromatic heterocycles. The summed E-state index contributed by atoms with van der Waals surface area (Å²) in [6.45, 7) is 6.95. The first-order valence-corrected chi connectivity index (χ1v) is 10.9. The van der Waals surface area contributed by atoms with Crippen molar-refractivity contribution in [3.8, 4) is 17.2 Å². The number of para-hydroxylation sites is 1. The van der Waals surface area contributed by atoms with Crippen LogP contribution in [-0.4, -0.2) is 57.3 Å². The van der Waals surface area contributed by atoms with Crippen molar-refractivity contribution in [1.29, 1.82) is 0 Å². The lowest BCUT2D eigenvalue weighted by atomic mass is 10.1. The number of likely N-dealkylation sites (tertiary alicyclic amines) is 1. The number of nitrogens with zero attached hydrogens (tertiary/aromatic N) is 1. The van der Waals surface area contributed by atoms with Crippen molar-refractivity contribution in [1.82, 2.24) is 10.2 Å². The smallest absolute Gasteiger partial charge is 0.234 e. The summed E-state index contributed by atoms with van der Waals surface area (Å²) in [6, 6.07) is 12.1. The summed E-state index contributed by atoms with van der Waals surface area (Å²) >= 11 is 0. The molecular weight excluding hydrogens is 392 g/mol. The van der Waals surface area contributed by atoms with Crippen LogP contribution in [0, 0.1) is 13.8 Å². The molecule has 0 saturated carbocycles. The molecule has 1 saturated heterocycles.